The van der Waals surface area contributed by atoms with Crippen molar-refractivity contribution < 1.29 is 5.11 Å². The normalized spacial score (nSPS) is 12.3. The van der Waals surface area contributed by atoms with Crippen molar-refractivity contribution in [1.82, 2.24) is 5.32 Å². The molecule has 2 aromatic rings. The van der Waals surface area contributed by atoms with Crippen LogP contribution in [-0.2, 0) is 6.54 Å². The van der Waals surface area contributed by atoms with E-state index in [9.17, 15) is 5.11 Å². The predicted octanol–water partition coefficient (Wildman–Crippen LogP) is 4.01. The molecule has 1 atom stereocenters. The molecule has 2 N–H and O–H groups in total. The van der Waals surface area contributed by atoms with E-state index in [1.54, 1.807) is 12.1 Å². The van der Waals surface area contributed by atoms with Gasteiger partial charge in [0.1, 0.15) is 5.75 Å². The summed E-state index contributed by atoms with van der Waals surface area (Å²) in [5.74, 6) is 0.310. The van der Waals surface area contributed by atoms with Crippen molar-refractivity contribution >= 4 is 15.9 Å². The summed E-state index contributed by atoms with van der Waals surface area (Å²) in [5.41, 5.74) is 2.32. The van der Waals surface area contributed by atoms with Crippen LogP contribution in [0.5, 0.6) is 5.75 Å². The molecule has 2 aromatic carbocycles. The van der Waals surface area contributed by atoms with E-state index < -0.39 is 0 Å². The molecule has 0 spiro atoms. The van der Waals surface area contributed by atoms with Gasteiger partial charge in [0.25, 0.3) is 0 Å². The number of benzene rings is 2. The van der Waals surface area contributed by atoms with E-state index in [1.165, 1.54) is 5.56 Å². The highest BCUT2D eigenvalue weighted by Gasteiger charge is 2.05. The summed E-state index contributed by atoms with van der Waals surface area (Å²) in [6.45, 7) is 2.87. The molecule has 0 aliphatic carbocycles. The molecule has 0 saturated heterocycles. The van der Waals surface area contributed by atoms with Gasteiger partial charge in [-0.25, -0.2) is 0 Å². The van der Waals surface area contributed by atoms with Gasteiger partial charge in [0.15, 0.2) is 0 Å². The molecule has 0 bridgehead atoms. The van der Waals surface area contributed by atoms with E-state index in [0.29, 0.717) is 5.75 Å². The summed E-state index contributed by atoms with van der Waals surface area (Å²) in [7, 11) is 0. The minimum absolute atomic E-state index is 0.268. The highest BCUT2D eigenvalue weighted by molar-refractivity contribution is 9.10. The maximum atomic E-state index is 9.40. The second kappa shape index (κ2) is 6.03. The van der Waals surface area contributed by atoms with Crippen LogP contribution in [0.1, 0.15) is 24.1 Å². The molecule has 3 heteroatoms. The molecule has 18 heavy (non-hydrogen) atoms. The third-order valence-corrected chi connectivity index (χ3v) is 3.36. The zero-order valence-corrected chi connectivity index (χ0v) is 11.8. The molecule has 0 aliphatic rings. The summed E-state index contributed by atoms with van der Waals surface area (Å²) < 4.78 is 1.09. The number of nitrogens with one attached hydrogen (secondary N) is 1. The lowest BCUT2D eigenvalue weighted by molar-refractivity contribution is 0.473. The summed E-state index contributed by atoms with van der Waals surface area (Å²) in [4.78, 5) is 0. The summed E-state index contributed by atoms with van der Waals surface area (Å²) in [6, 6.07) is 15.9. The molecule has 94 valence electrons. The molecular weight excluding hydrogens is 290 g/mol. The quantitative estimate of drug-likeness (QED) is 0.894. The van der Waals surface area contributed by atoms with Crippen molar-refractivity contribution in [3.05, 3.63) is 64.1 Å². The first-order chi connectivity index (χ1) is 8.65. The molecule has 0 saturated carbocycles. The lowest BCUT2D eigenvalue weighted by Gasteiger charge is -2.14. The van der Waals surface area contributed by atoms with Gasteiger partial charge in [0, 0.05) is 17.1 Å². The Morgan fingerprint density at radius 1 is 1.17 bits per heavy atom. The Morgan fingerprint density at radius 3 is 2.67 bits per heavy atom. The second-order valence-electron chi connectivity index (χ2n) is 4.33. The smallest absolute Gasteiger partial charge is 0.115 e. The molecule has 0 radical (unpaired) electrons. The van der Waals surface area contributed by atoms with Crippen LogP contribution in [0.2, 0.25) is 0 Å². The van der Waals surface area contributed by atoms with Crippen molar-refractivity contribution in [3.63, 3.8) is 0 Å². The number of hydrogen-bond acceptors (Lipinski definition) is 2. The Bertz CT molecular complexity index is 527. The molecular formula is C15H16BrNO. The van der Waals surface area contributed by atoms with Crippen molar-refractivity contribution in [2.24, 2.45) is 0 Å². The molecule has 0 heterocycles. The van der Waals surface area contributed by atoms with E-state index in [4.69, 9.17) is 0 Å². The topological polar surface area (TPSA) is 32.3 Å². The fourth-order valence-corrected chi connectivity index (χ4v) is 2.25. The number of phenolic OH excluding ortho intramolecular Hbond substituents is 1. The lowest BCUT2D eigenvalue weighted by Crippen LogP contribution is -2.17. The first-order valence-corrected chi connectivity index (χ1v) is 6.71. The van der Waals surface area contributed by atoms with Crippen molar-refractivity contribution in [3.8, 4) is 5.75 Å². The number of hydrogen-bond donors (Lipinski definition) is 2. The standard InChI is InChI=1S/C15H16BrNO/c1-11(13-5-3-6-14(16)9-13)17-10-12-4-2-7-15(18)8-12/h2-9,11,17-18H,10H2,1H3/t11-/m1/s1. The average Bonchev–Trinajstić information content (AvgIpc) is 2.36. The third-order valence-electron chi connectivity index (χ3n) is 2.87. The largest absolute Gasteiger partial charge is 0.508 e. The average molecular weight is 306 g/mol. The first-order valence-electron chi connectivity index (χ1n) is 5.92. The molecule has 0 unspecified atom stereocenters. The van der Waals surface area contributed by atoms with E-state index in [0.717, 1.165) is 16.6 Å². The van der Waals surface area contributed by atoms with Crippen LogP contribution in [0.15, 0.2) is 53.0 Å². The molecule has 0 aliphatic heterocycles. The van der Waals surface area contributed by atoms with Gasteiger partial charge in [0.2, 0.25) is 0 Å². The third kappa shape index (κ3) is 3.59. The van der Waals surface area contributed by atoms with E-state index in [-0.39, 0.29) is 6.04 Å². The van der Waals surface area contributed by atoms with Gasteiger partial charge in [0.05, 0.1) is 0 Å². The Hall–Kier alpha value is -1.32. The second-order valence-corrected chi connectivity index (χ2v) is 5.24. The van der Waals surface area contributed by atoms with Gasteiger partial charge in [-0.05, 0) is 42.3 Å². The Labute approximate surface area is 116 Å². The molecule has 2 rings (SSSR count). The zero-order valence-electron chi connectivity index (χ0n) is 10.2. The summed E-state index contributed by atoms with van der Waals surface area (Å²) in [5, 5.41) is 12.8. The zero-order chi connectivity index (χ0) is 13.0. The van der Waals surface area contributed by atoms with Crippen LogP contribution in [0.4, 0.5) is 0 Å². The van der Waals surface area contributed by atoms with Gasteiger partial charge in [-0.3, -0.25) is 0 Å². The van der Waals surface area contributed by atoms with Crippen LogP contribution < -0.4 is 5.32 Å². The minimum atomic E-state index is 0.268. The molecule has 0 amide bonds. The van der Waals surface area contributed by atoms with Crippen LogP contribution in [-0.4, -0.2) is 5.11 Å². The van der Waals surface area contributed by atoms with Crippen LogP contribution in [0.25, 0.3) is 0 Å². The molecule has 0 aromatic heterocycles. The Balaban J connectivity index is 1.98. The van der Waals surface area contributed by atoms with Crippen LogP contribution in [0.3, 0.4) is 0 Å². The van der Waals surface area contributed by atoms with Gasteiger partial charge in [-0.15, -0.1) is 0 Å². The number of rotatable bonds is 4. The first kappa shape index (κ1) is 13.1. The Morgan fingerprint density at radius 2 is 1.94 bits per heavy atom. The number of halogens is 1. The van der Waals surface area contributed by atoms with E-state index in [2.05, 4.69) is 40.3 Å². The van der Waals surface area contributed by atoms with Gasteiger partial charge in [-0.2, -0.15) is 0 Å². The SMILES string of the molecule is C[C@@H](NCc1cccc(O)c1)c1cccc(Br)c1. The fourth-order valence-electron chi connectivity index (χ4n) is 1.83. The van der Waals surface area contributed by atoms with Crippen molar-refractivity contribution in [1.29, 1.82) is 0 Å². The van der Waals surface area contributed by atoms with E-state index >= 15 is 0 Å². The Kier molecular flexibility index (Phi) is 4.39. The predicted molar refractivity (Wildman–Crippen MR) is 77.5 cm³/mol. The highest BCUT2D eigenvalue weighted by atomic mass is 79.9. The lowest BCUT2D eigenvalue weighted by atomic mass is 10.1. The van der Waals surface area contributed by atoms with Crippen molar-refractivity contribution in [2.75, 3.05) is 0 Å². The van der Waals surface area contributed by atoms with Gasteiger partial charge >= 0.3 is 0 Å². The monoisotopic (exact) mass is 305 g/mol. The summed E-state index contributed by atoms with van der Waals surface area (Å²) >= 11 is 3.48. The van der Waals surface area contributed by atoms with Gasteiger partial charge < -0.3 is 10.4 Å². The van der Waals surface area contributed by atoms with E-state index in [1.807, 2.05) is 24.3 Å². The summed E-state index contributed by atoms with van der Waals surface area (Å²) in [6.07, 6.45) is 0. The van der Waals surface area contributed by atoms with Gasteiger partial charge in [-0.1, -0.05) is 40.2 Å². The van der Waals surface area contributed by atoms with Crippen LogP contribution >= 0.6 is 15.9 Å². The molecule has 2 nitrogen and oxygen atoms in total. The minimum Gasteiger partial charge on any atom is -0.508 e. The van der Waals surface area contributed by atoms with Crippen molar-refractivity contribution in [2.45, 2.75) is 19.5 Å². The number of phenols is 1. The maximum Gasteiger partial charge on any atom is 0.115 e. The number of aromatic hydroxyl groups is 1. The highest BCUT2D eigenvalue weighted by Crippen LogP contribution is 2.18. The van der Waals surface area contributed by atoms with Crippen LogP contribution in [0, 0.1) is 0 Å². The molecule has 0 fully saturated rings. The maximum absolute atomic E-state index is 9.40. The fraction of sp³-hybridized carbons (Fsp3) is 0.200.